The molecule has 0 saturated carbocycles. The average molecular weight is 401 g/mol. The zero-order valence-corrected chi connectivity index (χ0v) is 17.4. The number of amides is 1. The number of aryl methyl sites for hydroxylation is 2. The number of fused-ring (bicyclic) bond motifs is 2. The lowest BCUT2D eigenvalue weighted by molar-refractivity contribution is -0.116. The summed E-state index contributed by atoms with van der Waals surface area (Å²) in [6.45, 7) is 8.18. The summed E-state index contributed by atoms with van der Waals surface area (Å²) in [5.74, 6) is 2.38. The third kappa shape index (κ3) is 2.87. The molecule has 0 fully saturated rings. The number of rotatable bonds is 3. The van der Waals surface area contributed by atoms with Gasteiger partial charge in [0.2, 0.25) is 5.91 Å². The number of aromatic nitrogens is 6. The second-order valence-corrected chi connectivity index (χ2v) is 8.09. The number of carbonyl (C=O) groups excluding carboxylic acids is 1. The van der Waals surface area contributed by atoms with Crippen molar-refractivity contribution in [1.29, 1.82) is 0 Å². The number of hydrogen-bond donors (Lipinski definition) is 1. The first-order valence-corrected chi connectivity index (χ1v) is 10.1. The maximum absolute atomic E-state index is 12.6. The summed E-state index contributed by atoms with van der Waals surface area (Å²) in [7, 11) is 0. The van der Waals surface area contributed by atoms with Gasteiger partial charge in [0.1, 0.15) is 5.82 Å². The molecule has 1 amide bonds. The predicted octanol–water partition coefficient (Wildman–Crippen LogP) is 3.52. The second-order valence-electron chi connectivity index (χ2n) is 8.09. The van der Waals surface area contributed by atoms with E-state index in [0.717, 1.165) is 16.8 Å². The Morgan fingerprint density at radius 2 is 1.80 bits per heavy atom. The molecule has 0 bridgehead atoms. The molecule has 0 spiro atoms. The Labute approximate surface area is 173 Å². The van der Waals surface area contributed by atoms with Crippen LogP contribution in [0.5, 0.6) is 0 Å². The van der Waals surface area contributed by atoms with E-state index in [9.17, 15) is 4.79 Å². The predicted molar refractivity (Wildman–Crippen MR) is 113 cm³/mol. The van der Waals surface area contributed by atoms with Crippen LogP contribution in [0, 0.1) is 13.8 Å². The Hall–Kier alpha value is -3.55. The van der Waals surface area contributed by atoms with Gasteiger partial charge in [-0.2, -0.15) is 14.3 Å². The van der Waals surface area contributed by atoms with Crippen LogP contribution in [0.3, 0.4) is 0 Å². The fourth-order valence-corrected chi connectivity index (χ4v) is 4.11. The maximum Gasteiger partial charge on any atom is 0.226 e. The topological polar surface area (TPSA) is 90.0 Å². The Morgan fingerprint density at radius 3 is 2.53 bits per heavy atom. The van der Waals surface area contributed by atoms with Gasteiger partial charge in [-0.1, -0.05) is 38.1 Å². The Kier molecular flexibility index (Phi) is 4.16. The zero-order valence-electron chi connectivity index (χ0n) is 17.4. The first kappa shape index (κ1) is 18.5. The van der Waals surface area contributed by atoms with Crippen molar-refractivity contribution in [2.75, 3.05) is 5.32 Å². The average Bonchev–Trinajstić information content (AvgIpc) is 3.27. The van der Waals surface area contributed by atoms with E-state index in [-0.39, 0.29) is 11.8 Å². The normalized spacial score (nSPS) is 16.2. The van der Waals surface area contributed by atoms with Crippen molar-refractivity contribution in [2.24, 2.45) is 0 Å². The van der Waals surface area contributed by atoms with E-state index in [1.54, 1.807) is 9.20 Å². The number of anilines is 1. The lowest BCUT2D eigenvalue weighted by atomic mass is 9.85. The van der Waals surface area contributed by atoms with Crippen LogP contribution in [0.2, 0.25) is 0 Å². The van der Waals surface area contributed by atoms with E-state index < -0.39 is 0 Å². The molecule has 8 heteroatoms. The molecular weight excluding hydrogens is 378 g/mol. The summed E-state index contributed by atoms with van der Waals surface area (Å²) in [6.07, 6.45) is 0.400. The van der Waals surface area contributed by atoms with Gasteiger partial charge >= 0.3 is 0 Å². The third-order valence-electron chi connectivity index (χ3n) is 5.73. The minimum atomic E-state index is -0.0379. The zero-order chi connectivity index (χ0) is 21.0. The van der Waals surface area contributed by atoms with Gasteiger partial charge in [0.25, 0.3) is 0 Å². The first-order valence-electron chi connectivity index (χ1n) is 10.1. The van der Waals surface area contributed by atoms with Gasteiger partial charge < -0.3 is 5.32 Å². The molecule has 4 heterocycles. The molecule has 4 aromatic rings. The van der Waals surface area contributed by atoms with Crippen LogP contribution >= 0.6 is 0 Å². The fourth-order valence-electron chi connectivity index (χ4n) is 4.11. The standard InChI is InChI=1S/C22H23N7O/c1-12(2)15-5-7-16(8-6-15)17-11-20(30)23-22-21(17)13(3)26-29(22)19-10-9-18-25-24-14(4)28(18)27-19/h5-10,12,17H,11H2,1-4H3,(H,23,30). The van der Waals surface area contributed by atoms with E-state index in [4.69, 9.17) is 5.10 Å². The van der Waals surface area contributed by atoms with Crippen LogP contribution in [0.1, 0.15) is 60.3 Å². The maximum atomic E-state index is 12.6. The van der Waals surface area contributed by atoms with E-state index in [0.29, 0.717) is 35.4 Å². The number of hydrogen-bond acceptors (Lipinski definition) is 5. The molecule has 1 aliphatic rings. The SMILES string of the molecule is Cc1nn(-c2ccc3nnc(C)n3n2)c2c1C(c1ccc(C(C)C)cc1)CC(=O)N2. The molecule has 5 rings (SSSR count). The number of benzene rings is 1. The lowest BCUT2D eigenvalue weighted by Gasteiger charge is -2.24. The van der Waals surface area contributed by atoms with Crippen LogP contribution in [-0.4, -0.2) is 35.5 Å². The van der Waals surface area contributed by atoms with E-state index in [1.165, 1.54) is 5.56 Å². The van der Waals surface area contributed by atoms with Crippen LogP contribution < -0.4 is 5.32 Å². The van der Waals surface area contributed by atoms with Crippen molar-refractivity contribution in [1.82, 2.24) is 29.6 Å². The molecule has 0 saturated heterocycles. The summed E-state index contributed by atoms with van der Waals surface area (Å²) in [4.78, 5) is 12.6. The van der Waals surface area contributed by atoms with Gasteiger partial charge in [-0.25, -0.2) is 0 Å². The smallest absolute Gasteiger partial charge is 0.226 e. The largest absolute Gasteiger partial charge is 0.310 e. The molecule has 8 nitrogen and oxygen atoms in total. The number of carbonyl (C=O) groups is 1. The summed E-state index contributed by atoms with van der Waals surface area (Å²) >= 11 is 0. The highest BCUT2D eigenvalue weighted by Gasteiger charge is 2.33. The monoisotopic (exact) mass is 401 g/mol. The number of nitrogens with one attached hydrogen (secondary N) is 1. The minimum Gasteiger partial charge on any atom is -0.310 e. The quantitative estimate of drug-likeness (QED) is 0.567. The molecule has 1 N–H and O–H groups in total. The van der Waals surface area contributed by atoms with Crippen LogP contribution in [0.4, 0.5) is 5.82 Å². The van der Waals surface area contributed by atoms with Crippen LogP contribution in [0.15, 0.2) is 36.4 Å². The van der Waals surface area contributed by atoms with E-state index >= 15 is 0 Å². The van der Waals surface area contributed by atoms with Crippen molar-refractivity contribution < 1.29 is 4.79 Å². The second kappa shape index (κ2) is 6.76. The first-order chi connectivity index (χ1) is 14.4. The van der Waals surface area contributed by atoms with Gasteiger partial charge in [-0.3, -0.25) is 4.79 Å². The molecule has 0 radical (unpaired) electrons. The molecular formula is C22H23N7O. The summed E-state index contributed by atoms with van der Waals surface area (Å²) < 4.78 is 3.38. The Balaban J connectivity index is 1.63. The van der Waals surface area contributed by atoms with Crippen molar-refractivity contribution in [3.05, 3.63) is 64.6 Å². The fraction of sp³-hybridized carbons (Fsp3) is 0.318. The number of nitrogens with zero attached hydrogens (tertiary/aromatic N) is 6. The van der Waals surface area contributed by atoms with Crippen molar-refractivity contribution in [2.45, 2.75) is 46.0 Å². The highest BCUT2D eigenvalue weighted by molar-refractivity contribution is 5.95. The minimum absolute atomic E-state index is 0.0249. The van der Waals surface area contributed by atoms with Gasteiger partial charge in [0, 0.05) is 17.9 Å². The van der Waals surface area contributed by atoms with E-state index in [2.05, 4.69) is 58.7 Å². The molecule has 1 aliphatic heterocycles. The van der Waals surface area contributed by atoms with Crippen molar-refractivity contribution >= 4 is 17.4 Å². The molecule has 1 unspecified atom stereocenters. The van der Waals surface area contributed by atoms with Gasteiger partial charge in [-0.05, 0) is 43.0 Å². The third-order valence-corrected chi connectivity index (χ3v) is 5.73. The summed E-state index contributed by atoms with van der Waals surface area (Å²) in [5.41, 5.74) is 4.99. The van der Waals surface area contributed by atoms with Gasteiger partial charge in [0.05, 0.1) is 5.69 Å². The van der Waals surface area contributed by atoms with Crippen LogP contribution in [-0.2, 0) is 4.79 Å². The molecule has 152 valence electrons. The lowest BCUT2D eigenvalue weighted by Crippen LogP contribution is -2.25. The van der Waals surface area contributed by atoms with Gasteiger partial charge in [0.15, 0.2) is 17.3 Å². The molecule has 1 aromatic carbocycles. The van der Waals surface area contributed by atoms with Crippen LogP contribution in [0.25, 0.3) is 11.5 Å². The highest BCUT2D eigenvalue weighted by Crippen LogP contribution is 2.40. The van der Waals surface area contributed by atoms with Crippen molar-refractivity contribution in [3.8, 4) is 5.82 Å². The Morgan fingerprint density at radius 1 is 1.03 bits per heavy atom. The Bertz CT molecular complexity index is 1270. The highest BCUT2D eigenvalue weighted by atomic mass is 16.1. The van der Waals surface area contributed by atoms with Gasteiger partial charge in [-0.15, -0.1) is 15.3 Å². The summed E-state index contributed by atoms with van der Waals surface area (Å²) in [5, 5.41) is 20.5. The summed E-state index contributed by atoms with van der Waals surface area (Å²) in [6, 6.07) is 12.2. The molecule has 3 aromatic heterocycles. The molecule has 1 atom stereocenters. The molecule has 0 aliphatic carbocycles. The molecule has 30 heavy (non-hydrogen) atoms. The van der Waals surface area contributed by atoms with Crippen molar-refractivity contribution in [3.63, 3.8) is 0 Å². The van der Waals surface area contributed by atoms with E-state index in [1.807, 2.05) is 26.0 Å².